The minimum Gasteiger partial charge on any atom is -0.410 e. The molecule has 0 bridgehead atoms. The molecule has 0 spiro atoms. The molecule has 4 nitrogen and oxygen atoms in total. The van der Waals surface area contributed by atoms with E-state index in [4.69, 9.17) is 4.74 Å². The molecule has 4 heteroatoms. The normalized spacial score (nSPS) is 20.9. The van der Waals surface area contributed by atoms with Gasteiger partial charge in [0.15, 0.2) is 0 Å². The van der Waals surface area contributed by atoms with Gasteiger partial charge in [0.25, 0.3) is 0 Å². The van der Waals surface area contributed by atoms with Gasteiger partial charge in [-0.1, -0.05) is 18.2 Å². The van der Waals surface area contributed by atoms with Crippen LogP contribution in [0.25, 0.3) is 0 Å². The molecule has 1 amide bonds. The molecular formula is C13H18N2O2. The lowest BCUT2D eigenvalue weighted by Crippen LogP contribution is -2.40. The molecular weight excluding hydrogens is 216 g/mol. The average molecular weight is 234 g/mol. The molecule has 92 valence electrons. The predicted molar refractivity (Wildman–Crippen MR) is 66.0 cm³/mol. The van der Waals surface area contributed by atoms with Gasteiger partial charge < -0.3 is 15.4 Å². The van der Waals surface area contributed by atoms with Crippen LogP contribution in [0.4, 0.5) is 4.79 Å². The van der Waals surface area contributed by atoms with E-state index in [1.54, 1.807) is 12.1 Å². The molecule has 2 atom stereocenters. The zero-order chi connectivity index (χ0) is 12.1. The Morgan fingerprint density at radius 3 is 2.88 bits per heavy atom. The first-order chi connectivity index (χ1) is 8.25. The zero-order valence-electron chi connectivity index (χ0n) is 9.98. The summed E-state index contributed by atoms with van der Waals surface area (Å²) in [7, 11) is 0. The molecule has 1 fully saturated rings. The molecule has 0 radical (unpaired) electrons. The van der Waals surface area contributed by atoms with Crippen LogP contribution < -0.4 is 15.4 Å². The molecule has 1 aliphatic rings. The van der Waals surface area contributed by atoms with Crippen molar-refractivity contribution in [1.82, 2.24) is 10.6 Å². The Kier molecular flexibility index (Phi) is 3.98. The van der Waals surface area contributed by atoms with Crippen LogP contribution in [0.3, 0.4) is 0 Å². The second kappa shape index (κ2) is 5.68. The van der Waals surface area contributed by atoms with Crippen molar-refractivity contribution in [1.29, 1.82) is 0 Å². The highest BCUT2D eigenvalue weighted by atomic mass is 16.6. The van der Waals surface area contributed by atoms with E-state index in [1.807, 2.05) is 25.1 Å². The lowest BCUT2D eigenvalue weighted by molar-refractivity contribution is 0.192. The van der Waals surface area contributed by atoms with E-state index in [-0.39, 0.29) is 12.1 Å². The fraction of sp³-hybridized carbons (Fsp3) is 0.462. The van der Waals surface area contributed by atoms with Gasteiger partial charge in [-0.25, -0.2) is 4.79 Å². The Bertz CT molecular complexity index is 361. The van der Waals surface area contributed by atoms with Gasteiger partial charge in [-0.2, -0.15) is 0 Å². The van der Waals surface area contributed by atoms with Crippen molar-refractivity contribution in [2.75, 3.05) is 13.1 Å². The Morgan fingerprint density at radius 1 is 1.47 bits per heavy atom. The van der Waals surface area contributed by atoms with Crippen LogP contribution in [-0.4, -0.2) is 25.2 Å². The largest absolute Gasteiger partial charge is 0.412 e. The molecule has 1 heterocycles. The first-order valence-corrected chi connectivity index (χ1v) is 6.00. The minimum absolute atomic E-state index is 0.140. The molecule has 2 rings (SSSR count). The first kappa shape index (κ1) is 11.9. The lowest BCUT2D eigenvalue weighted by Gasteiger charge is -2.19. The van der Waals surface area contributed by atoms with Crippen molar-refractivity contribution in [2.24, 2.45) is 5.92 Å². The number of carbonyl (C=O) groups is 1. The fourth-order valence-corrected chi connectivity index (χ4v) is 2.03. The van der Waals surface area contributed by atoms with Crippen molar-refractivity contribution in [2.45, 2.75) is 19.4 Å². The highest BCUT2D eigenvalue weighted by Crippen LogP contribution is 2.13. The van der Waals surface area contributed by atoms with E-state index in [9.17, 15) is 4.79 Å². The van der Waals surface area contributed by atoms with Gasteiger partial charge in [0.05, 0.1) is 0 Å². The van der Waals surface area contributed by atoms with Gasteiger partial charge in [-0.3, -0.25) is 0 Å². The Hall–Kier alpha value is -1.55. The molecule has 0 saturated carbocycles. The van der Waals surface area contributed by atoms with Gasteiger partial charge in [-0.15, -0.1) is 0 Å². The predicted octanol–water partition coefficient (Wildman–Crippen LogP) is 1.77. The molecule has 2 N–H and O–H groups in total. The van der Waals surface area contributed by atoms with Gasteiger partial charge in [0.2, 0.25) is 0 Å². The summed E-state index contributed by atoms with van der Waals surface area (Å²) in [6.45, 7) is 4.02. The van der Waals surface area contributed by atoms with E-state index >= 15 is 0 Å². The number of ether oxygens (including phenoxy) is 1. The van der Waals surface area contributed by atoms with Crippen molar-refractivity contribution in [3.63, 3.8) is 0 Å². The van der Waals surface area contributed by atoms with Crippen LogP contribution in [0.5, 0.6) is 5.75 Å². The zero-order valence-corrected chi connectivity index (χ0v) is 9.98. The molecule has 0 aromatic heterocycles. The Labute approximate surface area is 101 Å². The average Bonchev–Trinajstić information content (AvgIpc) is 2.83. The number of hydrogen-bond acceptors (Lipinski definition) is 3. The van der Waals surface area contributed by atoms with Crippen LogP contribution >= 0.6 is 0 Å². The Balaban J connectivity index is 1.80. The topological polar surface area (TPSA) is 50.4 Å². The second-order valence-corrected chi connectivity index (χ2v) is 4.39. The van der Waals surface area contributed by atoms with E-state index < -0.39 is 0 Å². The molecule has 1 saturated heterocycles. The second-order valence-electron chi connectivity index (χ2n) is 4.39. The quantitative estimate of drug-likeness (QED) is 0.838. The standard InChI is InChI=1S/C13H18N2O2/c1-10(11-7-8-14-9-11)15-13(16)17-12-5-3-2-4-6-12/h2-6,10-11,14H,7-9H2,1H3,(H,15,16). The number of rotatable bonds is 3. The summed E-state index contributed by atoms with van der Waals surface area (Å²) < 4.78 is 5.17. The van der Waals surface area contributed by atoms with Crippen LogP contribution in [0.1, 0.15) is 13.3 Å². The van der Waals surface area contributed by atoms with Crippen LogP contribution in [0.15, 0.2) is 30.3 Å². The van der Waals surface area contributed by atoms with Crippen LogP contribution in [-0.2, 0) is 0 Å². The number of para-hydroxylation sites is 1. The van der Waals surface area contributed by atoms with Gasteiger partial charge >= 0.3 is 6.09 Å². The Morgan fingerprint density at radius 2 is 2.24 bits per heavy atom. The van der Waals surface area contributed by atoms with Gasteiger partial charge in [0.1, 0.15) is 5.75 Å². The summed E-state index contributed by atoms with van der Waals surface area (Å²) >= 11 is 0. The molecule has 1 aromatic carbocycles. The molecule has 0 aliphatic carbocycles. The van der Waals surface area contributed by atoms with Crippen molar-refractivity contribution < 1.29 is 9.53 Å². The molecule has 1 aliphatic heterocycles. The monoisotopic (exact) mass is 234 g/mol. The number of nitrogens with one attached hydrogen (secondary N) is 2. The maximum atomic E-state index is 11.6. The fourth-order valence-electron chi connectivity index (χ4n) is 2.03. The molecule has 17 heavy (non-hydrogen) atoms. The van der Waals surface area contributed by atoms with E-state index in [0.717, 1.165) is 19.5 Å². The molecule has 2 unspecified atom stereocenters. The van der Waals surface area contributed by atoms with Crippen LogP contribution in [0.2, 0.25) is 0 Å². The van der Waals surface area contributed by atoms with E-state index in [0.29, 0.717) is 11.7 Å². The summed E-state index contributed by atoms with van der Waals surface area (Å²) in [6, 6.07) is 9.24. The minimum atomic E-state index is -0.379. The van der Waals surface area contributed by atoms with Gasteiger partial charge in [0, 0.05) is 6.04 Å². The summed E-state index contributed by atoms with van der Waals surface area (Å²) in [6.07, 6.45) is 0.725. The molecule has 1 aromatic rings. The summed E-state index contributed by atoms with van der Waals surface area (Å²) in [5.74, 6) is 1.07. The van der Waals surface area contributed by atoms with Crippen molar-refractivity contribution >= 4 is 6.09 Å². The van der Waals surface area contributed by atoms with Crippen molar-refractivity contribution in [3.05, 3.63) is 30.3 Å². The van der Waals surface area contributed by atoms with E-state index in [2.05, 4.69) is 10.6 Å². The third-order valence-electron chi connectivity index (χ3n) is 3.10. The smallest absolute Gasteiger partial charge is 0.410 e. The third kappa shape index (κ3) is 3.46. The highest BCUT2D eigenvalue weighted by Gasteiger charge is 2.22. The third-order valence-corrected chi connectivity index (χ3v) is 3.10. The number of hydrogen-bond donors (Lipinski definition) is 2. The van der Waals surface area contributed by atoms with Gasteiger partial charge in [-0.05, 0) is 44.5 Å². The lowest BCUT2D eigenvalue weighted by atomic mass is 10.0. The number of carbonyl (C=O) groups excluding carboxylic acids is 1. The van der Waals surface area contributed by atoms with Crippen LogP contribution in [0, 0.1) is 5.92 Å². The highest BCUT2D eigenvalue weighted by molar-refractivity contribution is 5.70. The summed E-state index contributed by atoms with van der Waals surface area (Å²) in [5, 5.41) is 6.15. The van der Waals surface area contributed by atoms with E-state index in [1.165, 1.54) is 0 Å². The maximum absolute atomic E-state index is 11.6. The maximum Gasteiger partial charge on any atom is 0.412 e. The number of amides is 1. The summed E-state index contributed by atoms with van der Waals surface area (Å²) in [5.41, 5.74) is 0. The summed E-state index contributed by atoms with van der Waals surface area (Å²) in [4.78, 5) is 11.6. The first-order valence-electron chi connectivity index (χ1n) is 6.00. The number of benzene rings is 1. The SMILES string of the molecule is CC(NC(=O)Oc1ccccc1)C1CCNC1. The van der Waals surface area contributed by atoms with Crippen molar-refractivity contribution in [3.8, 4) is 5.75 Å².